The summed E-state index contributed by atoms with van der Waals surface area (Å²) in [5.41, 5.74) is 8.80. The third-order valence-electron chi connectivity index (χ3n) is 2.27. The lowest BCUT2D eigenvalue weighted by atomic mass is 10.2. The van der Waals surface area contributed by atoms with E-state index < -0.39 is 0 Å². The van der Waals surface area contributed by atoms with Crippen molar-refractivity contribution in [1.29, 1.82) is 0 Å². The quantitative estimate of drug-likeness (QED) is 0.889. The maximum atomic E-state index is 5.56. The molecule has 4 heteroatoms. The van der Waals surface area contributed by atoms with E-state index in [1.165, 1.54) is 5.69 Å². The summed E-state index contributed by atoms with van der Waals surface area (Å²) in [6.07, 6.45) is 2.89. The van der Waals surface area contributed by atoms with Crippen LogP contribution in [0.25, 0.3) is 5.65 Å². The molecule has 0 fully saturated rings. The van der Waals surface area contributed by atoms with Crippen LogP contribution in [0.1, 0.15) is 11.4 Å². The van der Waals surface area contributed by atoms with Gasteiger partial charge in [-0.3, -0.25) is 0 Å². The van der Waals surface area contributed by atoms with Crippen molar-refractivity contribution in [2.75, 3.05) is 6.54 Å². The molecule has 0 amide bonds. The fourth-order valence-corrected chi connectivity index (χ4v) is 1.95. The van der Waals surface area contributed by atoms with Crippen LogP contribution < -0.4 is 5.73 Å². The number of rotatable bonds is 2. The predicted molar refractivity (Wildman–Crippen MR) is 60.4 cm³/mol. The molecule has 2 rings (SSSR count). The van der Waals surface area contributed by atoms with Crippen LogP contribution in [-0.4, -0.2) is 15.9 Å². The zero-order valence-corrected chi connectivity index (χ0v) is 9.58. The maximum absolute atomic E-state index is 5.56. The summed E-state index contributed by atoms with van der Waals surface area (Å²) < 4.78 is 3.14. The predicted octanol–water partition coefficient (Wildman–Crippen LogP) is 1.91. The average Bonchev–Trinajstić information content (AvgIpc) is 2.43. The number of hydrogen-bond donors (Lipinski definition) is 1. The lowest BCUT2D eigenvalue weighted by molar-refractivity contribution is 0.893. The number of nitrogens with two attached hydrogens (primary N) is 1. The van der Waals surface area contributed by atoms with Crippen molar-refractivity contribution in [2.45, 2.75) is 13.3 Å². The molecule has 0 aromatic carbocycles. The highest BCUT2D eigenvalue weighted by atomic mass is 79.9. The van der Waals surface area contributed by atoms with E-state index in [1.54, 1.807) is 0 Å². The Balaban J connectivity index is 2.64. The van der Waals surface area contributed by atoms with Gasteiger partial charge in [-0.25, -0.2) is 4.98 Å². The summed E-state index contributed by atoms with van der Waals surface area (Å²) in [6, 6.07) is 4.02. The molecule has 0 spiro atoms. The van der Waals surface area contributed by atoms with Crippen LogP contribution in [0, 0.1) is 6.92 Å². The Bertz CT molecular complexity index is 462. The third kappa shape index (κ3) is 1.55. The lowest BCUT2D eigenvalue weighted by Crippen LogP contribution is -2.06. The normalized spacial score (nSPS) is 11.1. The third-order valence-corrected chi connectivity index (χ3v) is 2.76. The van der Waals surface area contributed by atoms with E-state index in [-0.39, 0.29) is 0 Å². The number of aromatic nitrogens is 2. The van der Waals surface area contributed by atoms with Gasteiger partial charge in [-0.15, -0.1) is 0 Å². The van der Waals surface area contributed by atoms with E-state index in [4.69, 9.17) is 5.73 Å². The minimum atomic E-state index is 0.657. The van der Waals surface area contributed by atoms with Crippen molar-refractivity contribution in [2.24, 2.45) is 5.73 Å². The van der Waals surface area contributed by atoms with Gasteiger partial charge in [0.2, 0.25) is 0 Å². The molecule has 0 saturated heterocycles. The summed E-state index contributed by atoms with van der Waals surface area (Å²) in [7, 11) is 0. The van der Waals surface area contributed by atoms with Crippen molar-refractivity contribution >= 4 is 21.6 Å². The first kappa shape index (κ1) is 9.68. The van der Waals surface area contributed by atoms with Crippen molar-refractivity contribution in [1.82, 2.24) is 9.38 Å². The monoisotopic (exact) mass is 253 g/mol. The first-order chi connectivity index (χ1) is 6.72. The van der Waals surface area contributed by atoms with E-state index in [9.17, 15) is 0 Å². The molecule has 0 saturated carbocycles. The van der Waals surface area contributed by atoms with Gasteiger partial charge in [0.15, 0.2) is 0 Å². The maximum Gasteiger partial charge on any atom is 0.138 e. The highest BCUT2D eigenvalue weighted by molar-refractivity contribution is 9.10. The molecular formula is C10H12BrN3. The molecule has 2 aromatic rings. The van der Waals surface area contributed by atoms with Crippen LogP contribution in [0.5, 0.6) is 0 Å². The molecule has 14 heavy (non-hydrogen) atoms. The van der Waals surface area contributed by atoms with Gasteiger partial charge in [0.25, 0.3) is 0 Å². The fraction of sp³-hybridized carbons (Fsp3) is 0.300. The second-order valence-corrected chi connectivity index (χ2v) is 4.17. The second kappa shape index (κ2) is 3.71. The van der Waals surface area contributed by atoms with Crippen LogP contribution in [0.3, 0.4) is 0 Å². The van der Waals surface area contributed by atoms with E-state index in [1.807, 2.05) is 25.3 Å². The summed E-state index contributed by atoms with van der Waals surface area (Å²) in [6.45, 7) is 2.68. The first-order valence-electron chi connectivity index (χ1n) is 4.55. The van der Waals surface area contributed by atoms with Crippen molar-refractivity contribution in [3.63, 3.8) is 0 Å². The Hall–Kier alpha value is -0.870. The Labute approximate surface area is 91.1 Å². The Morgan fingerprint density at radius 3 is 3.07 bits per heavy atom. The molecule has 0 unspecified atom stereocenters. The molecule has 2 heterocycles. The van der Waals surface area contributed by atoms with Crippen LogP contribution in [0.4, 0.5) is 0 Å². The Morgan fingerprint density at radius 1 is 1.57 bits per heavy atom. The van der Waals surface area contributed by atoms with E-state index in [0.717, 1.165) is 22.2 Å². The van der Waals surface area contributed by atoms with Crippen LogP contribution in [0.15, 0.2) is 22.8 Å². The number of hydrogen-bond acceptors (Lipinski definition) is 2. The minimum Gasteiger partial charge on any atom is -0.330 e. The van der Waals surface area contributed by atoms with Crippen LogP contribution in [-0.2, 0) is 6.42 Å². The smallest absolute Gasteiger partial charge is 0.138 e. The zero-order chi connectivity index (χ0) is 10.1. The van der Waals surface area contributed by atoms with Gasteiger partial charge in [-0.2, -0.15) is 0 Å². The van der Waals surface area contributed by atoms with E-state index in [0.29, 0.717) is 6.54 Å². The number of pyridine rings is 1. The SMILES string of the molecule is Cc1nc2cc(Br)ccn2c1CCN. The fourth-order valence-electron chi connectivity index (χ4n) is 1.63. The largest absolute Gasteiger partial charge is 0.330 e. The van der Waals surface area contributed by atoms with E-state index >= 15 is 0 Å². The second-order valence-electron chi connectivity index (χ2n) is 3.26. The van der Waals surface area contributed by atoms with Crippen molar-refractivity contribution in [3.05, 3.63) is 34.2 Å². The molecule has 0 radical (unpaired) electrons. The molecule has 0 atom stereocenters. The number of fused-ring (bicyclic) bond motifs is 1. The van der Waals surface area contributed by atoms with Gasteiger partial charge in [-0.1, -0.05) is 15.9 Å². The highest BCUT2D eigenvalue weighted by Gasteiger charge is 2.07. The van der Waals surface area contributed by atoms with Gasteiger partial charge in [0.05, 0.1) is 5.69 Å². The van der Waals surface area contributed by atoms with Gasteiger partial charge >= 0.3 is 0 Å². The first-order valence-corrected chi connectivity index (χ1v) is 5.35. The number of imidazole rings is 1. The summed E-state index contributed by atoms with van der Waals surface area (Å²) >= 11 is 3.43. The molecule has 0 bridgehead atoms. The van der Waals surface area contributed by atoms with Crippen molar-refractivity contribution < 1.29 is 0 Å². The zero-order valence-electron chi connectivity index (χ0n) is 8.00. The summed E-state index contributed by atoms with van der Waals surface area (Å²) in [5.74, 6) is 0. The topological polar surface area (TPSA) is 43.3 Å². The van der Waals surface area contributed by atoms with Gasteiger partial charge in [0, 0.05) is 22.8 Å². The number of aryl methyl sites for hydroxylation is 1. The number of nitrogens with zero attached hydrogens (tertiary/aromatic N) is 2. The van der Waals surface area contributed by atoms with E-state index in [2.05, 4.69) is 25.3 Å². The molecule has 74 valence electrons. The number of halogens is 1. The standard InChI is InChI=1S/C10H12BrN3/c1-7-9(2-4-12)14-5-3-8(11)6-10(14)13-7/h3,5-6H,2,4,12H2,1H3. The molecule has 0 aliphatic heterocycles. The minimum absolute atomic E-state index is 0.657. The Kier molecular flexibility index (Phi) is 2.56. The van der Waals surface area contributed by atoms with Gasteiger partial charge < -0.3 is 10.1 Å². The highest BCUT2D eigenvalue weighted by Crippen LogP contribution is 2.16. The van der Waals surface area contributed by atoms with Gasteiger partial charge in [0.1, 0.15) is 5.65 Å². The molecule has 0 aliphatic rings. The van der Waals surface area contributed by atoms with Crippen molar-refractivity contribution in [3.8, 4) is 0 Å². The Morgan fingerprint density at radius 2 is 2.36 bits per heavy atom. The molecule has 2 aromatic heterocycles. The molecule has 0 aliphatic carbocycles. The van der Waals surface area contributed by atoms with Crippen LogP contribution in [0.2, 0.25) is 0 Å². The molecular weight excluding hydrogens is 242 g/mol. The average molecular weight is 254 g/mol. The summed E-state index contributed by atoms with van der Waals surface area (Å²) in [5, 5.41) is 0. The molecule has 2 N–H and O–H groups in total. The molecule has 3 nitrogen and oxygen atoms in total. The van der Waals surface area contributed by atoms with Gasteiger partial charge in [-0.05, 0) is 25.6 Å². The van der Waals surface area contributed by atoms with Crippen LogP contribution >= 0.6 is 15.9 Å². The lowest BCUT2D eigenvalue weighted by Gasteiger charge is -2.00. The summed E-state index contributed by atoms with van der Waals surface area (Å²) in [4.78, 5) is 4.47.